The summed E-state index contributed by atoms with van der Waals surface area (Å²) >= 11 is 0. The summed E-state index contributed by atoms with van der Waals surface area (Å²) in [4.78, 5) is 21.2. The maximum atomic E-state index is 13.7. The summed E-state index contributed by atoms with van der Waals surface area (Å²) in [6, 6.07) is 5.25. The summed E-state index contributed by atoms with van der Waals surface area (Å²) in [6.45, 7) is 3.38. The zero-order chi connectivity index (χ0) is 26.6. The number of aromatic nitrogens is 8. The van der Waals surface area contributed by atoms with Gasteiger partial charge in [0, 0.05) is 25.7 Å². The Kier molecular flexibility index (Phi) is 7.69. The van der Waals surface area contributed by atoms with E-state index in [1.165, 1.54) is 32.2 Å². The number of sulfone groups is 1. The molecule has 0 N–H and O–H groups in total. The van der Waals surface area contributed by atoms with Gasteiger partial charge in [-0.3, -0.25) is 9.55 Å². The molecular formula is C23H26N8O5S. The van der Waals surface area contributed by atoms with Crippen LogP contribution in [0.15, 0.2) is 43.1 Å². The second-order valence-electron chi connectivity index (χ2n) is 8.02. The molecule has 4 heterocycles. The first kappa shape index (κ1) is 26.0. The summed E-state index contributed by atoms with van der Waals surface area (Å²) in [5.41, 5.74) is 1.53. The molecule has 0 saturated carbocycles. The van der Waals surface area contributed by atoms with Crippen molar-refractivity contribution in [3.8, 4) is 29.0 Å². The van der Waals surface area contributed by atoms with Crippen LogP contribution in [-0.2, 0) is 20.3 Å². The molecule has 14 heteroatoms. The van der Waals surface area contributed by atoms with E-state index in [0.717, 1.165) is 5.56 Å². The van der Waals surface area contributed by atoms with Gasteiger partial charge in [-0.1, -0.05) is 6.07 Å². The van der Waals surface area contributed by atoms with Crippen LogP contribution in [0.3, 0.4) is 0 Å². The molecule has 0 amide bonds. The minimum Gasteiger partial charge on any atom is -0.479 e. The minimum absolute atomic E-state index is 0.0820. The zero-order valence-electron chi connectivity index (χ0n) is 20.9. The molecule has 4 aromatic rings. The predicted octanol–water partition coefficient (Wildman–Crippen LogP) is 1.93. The van der Waals surface area contributed by atoms with Crippen molar-refractivity contribution in [1.82, 2.24) is 39.7 Å². The van der Waals surface area contributed by atoms with Gasteiger partial charge < -0.3 is 14.2 Å². The lowest BCUT2D eigenvalue weighted by molar-refractivity contribution is 0.0947. The Labute approximate surface area is 213 Å². The number of hydrogen-bond donors (Lipinski definition) is 0. The molecular weight excluding hydrogens is 500 g/mol. The summed E-state index contributed by atoms with van der Waals surface area (Å²) in [5, 5.41) is 7.45. The van der Waals surface area contributed by atoms with Gasteiger partial charge in [-0.15, -0.1) is 10.2 Å². The smallest absolute Gasteiger partial charge is 0.245 e. The van der Waals surface area contributed by atoms with Crippen molar-refractivity contribution in [1.29, 1.82) is 0 Å². The first-order chi connectivity index (χ1) is 17.8. The van der Waals surface area contributed by atoms with Crippen LogP contribution in [-0.4, -0.2) is 74.7 Å². The Morgan fingerprint density at radius 1 is 0.946 bits per heavy atom. The van der Waals surface area contributed by atoms with Gasteiger partial charge in [0.1, 0.15) is 23.9 Å². The second-order valence-corrected chi connectivity index (χ2v) is 10.4. The van der Waals surface area contributed by atoms with E-state index < -0.39 is 26.9 Å². The zero-order valence-corrected chi connectivity index (χ0v) is 21.7. The van der Waals surface area contributed by atoms with Crippen molar-refractivity contribution in [3.05, 3.63) is 60.3 Å². The van der Waals surface area contributed by atoms with Crippen LogP contribution in [0.1, 0.15) is 30.2 Å². The lowest BCUT2D eigenvalue weighted by Gasteiger charge is -2.22. The SMILES string of the molecule is COc1ncnc(OC)c1-n1c(CS(=O)(=O)[C@@H](C)[C@H](OC)c2ncc(C)cn2)nnc1-c1ccccn1. The number of aryl methyl sites for hydroxylation is 1. The molecule has 13 nitrogen and oxygen atoms in total. The van der Waals surface area contributed by atoms with E-state index in [0.29, 0.717) is 5.69 Å². The van der Waals surface area contributed by atoms with Crippen molar-refractivity contribution in [2.45, 2.75) is 31.0 Å². The molecule has 0 saturated heterocycles. The van der Waals surface area contributed by atoms with Crippen molar-refractivity contribution < 1.29 is 22.6 Å². The Morgan fingerprint density at radius 3 is 2.19 bits per heavy atom. The van der Waals surface area contributed by atoms with Crippen LogP contribution in [0, 0.1) is 6.92 Å². The fourth-order valence-electron chi connectivity index (χ4n) is 3.70. The van der Waals surface area contributed by atoms with Crippen molar-refractivity contribution in [2.75, 3.05) is 21.3 Å². The lowest BCUT2D eigenvalue weighted by Crippen LogP contribution is -2.30. The van der Waals surface area contributed by atoms with E-state index in [9.17, 15) is 8.42 Å². The van der Waals surface area contributed by atoms with Crippen molar-refractivity contribution in [2.24, 2.45) is 0 Å². The standard InChI is InChI=1S/C23H26N8O5S/c1-14-10-25-20(26-11-14)19(34-3)15(2)37(32,33)12-17-29-30-21(16-8-6-7-9-24-16)31(17)18-22(35-4)27-13-28-23(18)36-5/h6-11,13,15,19H,12H2,1-5H3/t15-,19-/m0/s1. The molecule has 0 aliphatic rings. The molecule has 0 spiro atoms. The monoisotopic (exact) mass is 526 g/mol. The van der Waals surface area contributed by atoms with Crippen LogP contribution in [0.25, 0.3) is 17.2 Å². The third-order valence-electron chi connectivity index (χ3n) is 5.62. The van der Waals surface area contributed by atoms with Gasteiger partial charge in [-0.05, 0) is 31.5 Å². The van der Waals surface area contributed by atoms with Crippen molar-refractivity contribution in [3.63, 3.8) is 0 Å². The van der Waals surface area contributed by atoms with Crippen molar-refractivity contribution >= 4 is 9.84 Å². The third kappa shape index (κ3) is 5.24. The van der Waals surface area contributed by atoms with Gasteiger partial charge >= 0.3 is 0 Å². The highest BCUT2D eigenvalue weighted by atomic mass is 32.2. The molecule has 0 radical (unpaired) electrons. The molecule has 0 aliphatic carbocycles. The average molecular weight is 527 g/mol. The highest BCUT2D eigenvalue weighted by molar-refractivity contribution is 7.91. The van der Waals surface area contributed by atoms with E-state index in [4.69, 9.17) is 14.2 Å². The topological polar surface area (TPSA) is 157 Å². The third-order valence-corrected chi connectivity index (χ3v) is 7.66. The molecule has 2 atom stereocenters. The molecule has 0 fully saturated rings. The summed E-state index contributed by atoms with van der Waals surface area (Å²) in [7, 11) is 0.382. The van der Waals surface area contributed by atoms with Gasteiger partial charge in [0.05, 0.1) is 19.5 Å². The fourth-order valence-corrected chi connectivity index (χ4v) is 5.12. The Bertz CT molecular complexity index is 1440. The van der Waals surface area contributed by atoms with Crippen LogP contribution in [0.4, 0.5) is 0 Å². The maximum Gasteiger partial charge on any atom is 0.245 e. The van der Waals surface area contributed by atoms with E-state index in [2.05, 4.69) is 35.1 Å². The van der Waals surface area contributed by atoms with Crippen LogP contribution >= 0.6 is 0 Å². The summed E-state index contributed by atoms with van der Waals surface area (Å²) in [5.74, 6) is 0.380. The van der Waals surface area contributed by atoms with Gasteiger partial charge in [-0.25, -0.2) is 18.4 Å². The number of hydrogen-bond acceptors (Lipinski definition) is 12. The maximum absolute atomic E-state index is 13.7. The number of pyridine rings is 1. The van der Waals surface area contributed by atoms with Gasteiger partial charge in [0.15, 0.2) is 33.0 Å². The molecule has 0 aliphatic heterocycles. The summed E-state index contributed by atoms with van der Waals surface area (Å²) < 4.78 is 45.2. The Hall–Kier alpha value is -4.04. The predicted molar refractivity (Wildman–Crippen MR) is 132 cm³/mol. The van der Waals surface area contributed by atoms with Gasteiger partial charge in [-0.2, -0.15) is 9.97 Å². The molecule has 0 unspecified atom stereocenters. The lowest BCUT2D eigenvalue weighted by atomic mass is 10.2. The van der Waals surface area contributed by atoms with Crippen LogP contribution in [0.5, 0.6) is 11.8 Å². The van der Waals surface area contributed by atoms with E-state index in [1.54, 1.807) is 43.7 Å². The Morgan fingerprint density at radius 2 is 1.62 bits per heavy atom. The number of rotatable bonds is 10. The molecule has 0 aromatic carbocycles. The fraction of sp³-hybridized carbons (Fsp3) is 0.348. The molecule has 0 bridgehead atoms. The minimum atomic E-state index is -3.89. The van der Waals surface area contributed by atoms with Crippen LogP contribution in [0.2, 0.25) is 0 Å². The number of methoxy groups -OCH3 is 3. The highest BCUT2D eigenvalue weighted by Crippen LogP contribution is 2.34. The molecule has 194 valence electrons. The largest absolute Gasteiger partial charge is 0.479 e. The van der Waals surface area contributed by atoms with E-state index in [-0.39, 0.29) is 34.9 Å². The number of nitrogens with zero attached hydrogens (tertiary/aromatic N) is 8. The van der Waals surface area contributed by atoms with Crippen LogP contribution < -0.4 is 9.47 Å². The van der Waals surface area contributed by atoms with E-state index >= 15 is 0 Å². The first-order valence-electron chi connectivity index (χ1n) is 11.1. The molecule has 4 aromatic heterocycles. The average Bonchev–Trinajstić information content (AvgIpc) is 3.32. The normalized spacial score (nSPS) is 13.2. The second kappa shape index (κ2) is 10.9. The summed E-state index contributed by atoms with van der Waals surface area (Å²) in [6.07, 6.45) is 5.18. The highest BCUT2D eigenvalue weighted by Gasteiger charge is 2.35. The molecule has 4 rings (SSSR count). The quantitative estimate of drug-likeness (QED) is 0.296. The van der Waals surface area contributed by atoms with E-state index in [1.807, 2.05) is 6.92 Å². The number of ether oxygens (including phenoxy) is 3. The van der Waals surface area contributed by atoms with Gasteiger partial charge in [0.2, 0.25) is 11.8 Å². The molecule has 37 heavy (non-hydrogen) atoms. The Balaban J connectivity index is 1.83. The van der Waals surface area contributed by atoms with Gasteiger partial charge in [0.25, 0.3) is 0 Å². The first-order valence-corrected chi connectivity index (χ1v) is 12.8.